The van der Waals surface area contributed by atoms with Crippen LogP contribution in [0.25, 0.3) is 15.9 Å². The molecule has 0 unspecified atom stereocenters. The van der Waals surface area contributed by atoms with Crippen molar-refractivity contribution in [3.63, 3.8) is 0 Å². The first-order chi connectivity index (χ1) is 16.3. The van der Waals surface area contributed by atoms with Crippen molar-refractivity contribution in [2.75, 3.05) is 11.1 Å². The van der Waals surface area contributed by atoms with Gasteiger partial charge in [0.25, 0.3) is 5.56 Å². The molecule has 2 aromatic heterocycles. The van der Waals surface area contributed by atoms with Crippen molar-refractivity contribution in [2.24, 2.45) is 0 Å². The van der Waals surface area contributed by atoms with Crippen molar-refractivity contribution in [3.8, 4) is 5.69 Å². The van der Waals surface area contributed by atoms with Gasteiger partial charge >= 0.3 is 0 Å². The van der Waals surface area contributed by atoms with E-state index in [9.17, 15) is 14.0 Å². The van der Waals surface area contributed by atoms with Crippen LogP contribution in [-0.4, -0.2) is 21.2 Å². The summed E-state index contributed by atoms with van der Waals surface area (Å²) in [7, 11) is 0. The van der Waals surface area contributed by atoms with Crippen LogP contribution in [0.4, 0.5) is 10.1 Å². The summed E-state index contributed by atoms with van der Waals surface area (Å²) >= 11 is 8.82. The molecule has 0 aliphatic rings. The highest BCUT2D eigenvalue weighted by molar-refractivity contribution is 7.99. The Bertz CT molecular complexity index is 1430. The number of aryl methyl sites for hydroxylation is 3. The first kappa shape index (κ1) is 24.4. The third-order valence-corrected chi connectivity index (χ3v) is 7.97. The molecule has 9 heteroatoms. The van der Waals surface area contributed by atoms with E-state index in [0.29, 0.717) is 31.8 Å². The molecule has 0 fully saturated rings. The van der Waals surface area contributed by atoms with Gasteiger partial charge in [-0.05, 0) is 67.8 Å². The highest BCUT2D eigenvalue weighted by Gasteiger charge is 2.20. The first-order valence-corrected chi connectivity index (χ1v) is 13.0. The maximum Gasteiger partial charge on any atom is 0.267 e. The number of hydrogen-bond donors (Lipinski definition) is 1. The lowest BCUT2D eigenvalue weighted by atomic mass is 10.1. The number of anilines is 1. The Morgan fingerprint density at radius 3 is 2.62 bits per heavy atom. The summed E-state index contributed by atoms with van der Waals surface area (Å²) < 4.78 is 15.0. The summed E-state index contributed by atoms with van der Waals surface area (Å²) in [5, 5.41) is 4.34. The number of thioether (sulfide) groups is 1. The van der Waals surface area contributed by atoms with Crippen LogP contribution in [0.2, 0.25) is 5.02 Å². The zero-order valence-corrected chi connectivity index (χ0v) is 21.3. The van der Waals surface area contributed by atoms with E-state index in [1.165, 1.54) is 40.2 Å². The van der Waals surface area contributed by atoms with Gasteiger partial charge in [0.1, 0.15) is 10.6 Å². The van der Waals surface area contributed by atoms with Gasteiger partial charge in [-0.15, -0.1) is 11.3 Å². The van der Waals surface area contributed by atoms with E-state index in [1.54, 1.807) is 12.1 Å². The molecular weight excluding hydrogens is 493 g/mol. The van der Waals surface area contributed by atoms with E-state index >= 15 is 0 Å². The summed E-state index contributed by atoms with van der Waals surface area (Å²) in [5.74, 6) is -0.608. The molecule has 34 heavy (non-hydrogen) atoms. The van der Waals surface area contributed by atoms with Crippen LogP contribution in [-0.2, 0) is 11.2 Å². The lowest BCUT2D eigenvalue weighted by Gasteiger charge is -2.12. The SMILES string of the molecule is CCCc1sc2nc(SCC(=O)Nc3ccc(C)c(Cl)c3)n(-c3ccc(F)cc3)c(=O)c2c1C. The predicted octanol–water partition coefficient (Wildman–Crippen LogP) is 6.54. The van der Waals surface area contributed by atoms with Crippen LogP contribution in [0.3, 0.4) is 0 Å². The largest absolute Gasteiger partial charge is 0.325 e. The Kier molecular flexibility index (Phi) is 7.40. The number of carbonyl (C=O) groups is 1. The quantitative estimate of drug-likeness (QED) is 0.224. The van der Waals surface area contributed by atoms with Crippen molar-refractivity contribution in [1.82, 2.24) is 9.55 Å². The smallest absolute Gasteiger partial charge is 0.267 e. The zero-order chi connectivity index (χ0) is 24.4. The molecule has 0 aliphatic carbocycles. The van der Waals surface area contributed by atoms with E-state index < -0.39 is 5.82 Å². The van der Waals surface area contributed by atoms with Gasteiger partial charge in [-0.25, -0.2) is 9.37 Å². The Morgan fingerprint density at radius 1 is 1.21 bits per heavy atom. The molecule has 0 spiro atoms. The molecule has 0 atom stereocenters. The van der Waals surface area contributed by atoms with E-state index in [4.69, 9.17) is 16.6 Å². The third kappa shape index (κ3) is 5.04. The number of rotatable bonds is 7. The average Bonchev–Trinajstić information content (AvgIpc) is 3.11. The lowest BCUT2D eigenvalue weighted by molar-refractivity contribution is -0.113. The average molecular weight is 516 g/mol. The van der Waals surface area contributed by atoms with Gasteiger partial charge in [0, 0.05) is 15.6 Å². The summed E-state index contributed by atoms with van der Waals surface area (Å²) in [4.78, 5) is 32.7. The molecule has 5 nitrogen and oxygen atoms in total. The maximum atomic E-state index is 13.6. The number of nitrogens with one attached hydrogen (secondary N) is 1. The van der Waals surface area contributed by atoms with E-state index in [0.717, 1.165) is 40.6 Å². The second-order valence-corrected chi connectivity index (χ2v) is 10.3. The van der Waals surface area contributed by atoms with Gasteiger partial charge in [-0.1, -0.05) is 42.8 Å². The first-order valence-electron chi connectivity index (χ1n) is 10.8. The van der Waals surface area contributed by atoms with Crippen molar-refractivity contribution in [3.05, 3.63) is 79.7 Å². The normalized spacial score (nSPS) is 11.2. The highest BCUT2D eigenvalue weighted by Crippen LogP contribution is 2.31. The monoisotopic (exact) mass is 515 g/mol. The summed E-state index contributed by atoms with van der Waals surface area (Å²) in [6, 6.07) is 11.0. The number of halogens is 2. The van der Waals surface area contributed by atoms with E-state index in [1.807, 2.05) is 19.9 Å². The lowest BCUT2D eigenvalue weighted by Crippen LogP contribution is -2.23. The number of aromatic nitrogens is 2. The van der Waals surface area contributed by atoms with E-state index in [-0.39, 0.29) is 17.2 Å². The van der Waals surface area contributed by atoms with Gasteiger partial charge in [-0.2, -0.15) is 0 Å². The second-order valence-electron chi connectivity index (χ2n) is 7.89. The van der Waals surface area contributed by atoms with Gasteiger partial charge in [-0.3, -0.25) is 14.2 Å². The zero-order valence-electron chi connectivity index (χ0n) is 18.9. The minimum absolute atomic E-state index is 0.0385. The van der Waals surface area contributed by atoms with Crippen LogP contribution >= 0.6 is 34.7 Å². The Hall–Kier alpha value is -2.68. The highest BCUT2D eigenvalue weighted by atomic mass is 35.5. The predicted molar refractivity (Wildman–Crippen MR) is 139 cm³/mol. The van der Waals surface area contributed by atoms with Crippen LogP contribution in [0, 0.1) is 19.7 Å². The van der Waals surface area contributed by atoms with Gasteiger partial charge < -0.3 is 5.32 Å². The van der Waals surface area contributed by atoms with E-state index in [2.05, 4.69) is 12.2 Å². The summed E-state index contributed by atoms with van der Waals surface area (Å²) in [6.45, 7) is 5.92. The standard InChI is InChI=1S/C25H23ClFN3O2S2/c1-4-5-20-15(3)22-23(34-20)29-25(30(24(22)32)18-10-7-16(27)8-11-18)33-13-21(31)28-17-9-6-14(2)19(26)12-17/h6-12H,4-5,13H2,1-3H3,(H,28,31). The molecular formula is C25H23ClFN3O2S2. The molecule has 4 aromatic rings. The molecule has 0 saturated heterocycles. The second kappa shape index (κ2) is 10.3. The topological polar surface area (TPSA) is 64.0 Å². The maximum absolute atomic E-state index is 13.6. The molecule has 0 radical (unpaired) electrons. The molecule has 2 aromatic carbocycles. The molecule has 4 rings (SSSR count). The van der Waals surface area contributed by atoms with Gasteiger partial charge in [0.05, 0.1) is 16.8 Å². The van der Waals surface area contributed by atoms with Crippen LogP contribution in [0.1, 0.15) is 29.3 Å². The van der Waals surface area contributed by atoms with Gasteiger partial charge in [0.2, 0.25) is 5.91 Å². The number of nitrogens with zero attached hydrogens (tertiary/aromatic N) is 2. The molecule has 2 heterocycles. The van der Waals surface area contributed by atoms with Crippen LogP contribution < -0.4 is 10.9 Å². The number of hydrogen-bond acceptors (Lipinski definition) is 5. The molecule has 0 aliphatic heterocycles. The van der Waals surface area contributed by atoms with Crippen molar-refractivity contribution in [1.29, 1.82) is 0 Å². The van der Waals surface area contributed by atoms with Crippen molar-refractivity contribution < 1.29 is 9.18 Å². The Balaban J connectivity index is 1.70. The fourth-order valence-electron chi connectivity index (χ4n) is 3.59. The summed E-state index contributed by atoms with van der Waals surface area (Å²) in [5.41, 5.74) is 2.72. The minimum atomic E-state index is -0.395. The number of fused-ring (bicyclic) bond motifs is 1. The number of carbonyl (C=O) groups excluding carboxylic acids is 1. The molecule has 176 valence electrons. The summed E-state index contributed by atoms with van der Waals surface area (Å²) in [6.07, 6.45) is 1.83. The van der Waals surface area contributed by atoms with Gasteiger partial charge in [0.15, 0.2) is 5.16 Å². The Labute approximate surface area is 210 Å². The number of thiophene rings is 1. The molecule has 1 amide bonds. The van der Waals surface area contributed by atoms with Crippen LogP contribution in [0.5, 0.6) is 0 Å². The molecule has 0 bridgehead atoms. The number of benzene rings is 2. The Morgan fingerprint density at radius 2 is 1.94 bits per heavy atom. The number of amides is 1. The van der Waals surface area contributed by atoms with Crippen molar-refractivity contribution >= 4 is 56.5 Å². The molecule has 0 saturated carbocycles. The third-order valence-electron chi connectivity index (χ3n) is 5.38. The minimum Gasteiger partial charge on any atom is -0.325 e. The fourth-order valence-corrected chi connectivity index (χ4v) is 5.90. The van der Waals surface area contributed by atoms with Crippen molar-refractivity contribution in [2.45, 2.75) is 38.8 Å². The fraction of sp³-hybridized carbons (Fsp3) is 0.240. The van der Waals surface area contributed by atoms with Crippen LogP contribution in [0.15, 0.2) is 52.4 Å². The molecule has 1 N–H and O–H groups in total.